The maximum atomic E-state index is 13.1. The third kappa shape index (κ3) is 6.70. The molecule has 12 nitrogen and oxygen atoms in total. The molecule has 1 atom stereocenters. The number of piperidine rings is 2. The topological polar surface area (TPSA) is 147 Å². The van der Waals surface area contributed by atoms with Gasteiger partial charge in [-0.15, -0.1) is 0 Å². The summed E-state index contributed by atoms with van der Waals surface area (Å²) < 4.78 is 11.5. The highest BCUT2D eigenvalue weighted by atomic mass is 16.6. The van der Waals surface area contributed by atoms with Crippen molar-refractivity contribution >= 4 is 35.4 Å². The van der Waals surface area contributed by atoms with Crippen LogP contribution in [0, 0.1) is 5.92 Å². The van der Waals surface area contributed by atoms with Gasteiger partial charge in [0.05, 0.1) is 16.7 Å². The Bertz CT molecular complexity index is 1500. The summed E-state index contributed by atoms with van der Waals surface area (Å²) in [6.07, 6.45) is 5.59. The minimum absolute atomic E-state index is 0.00978. The molecule has 1 aromatic heterocycles. The molecule has 0 spiro atoms. The fraction of sp³-hybridized carbons (Fsp3) is 0.515. The summed E-state index contributed by atoms with van der Waals surface area (Å²) in [7, 11) is 0. The largest absolute Gasteiger partial charge is 0.490 e. The van der Waals surface area contributed by atoms with E-state index >= 15 is 0 Å². The van der Waals surface area contributed by atoms with Crippen LogP contribution in [-0.4, -0.2) is 82.9 Å². The number of hydrogen-bond donors (Lipinski definition) is 2. The number of amides is 4. The first kappa shape index (κ1) is 30.7. The minimum Gasteiger partial charge on any atom is -0.490 e. The van der Waals surface area contributed by atoms with Gasteiger partial charge in [0.15, 0.2) is 0 Å². The van der Waals surface area contributed by atoms with E-state index in [9.17, 15) is 24.0 Å². The van der Waals surface area contributed by atoms with Crippen LogP contribution in [0.4, 0.5) is 5.82 Å². The van der Waals surface area contributed by atoms with Crippen molar-refractivity contribution in [2.45, 2.75) is 83.1 Å². The lowest BCUT2D eigenvalue weighted by molar-refractivity contribution is -0.136. The molecule has 238 valence electrons. The van der Waals surface area contributed by atoms with Crippen molar-refractivity contribution in [3.63, 3.8) is 0 Å². The van der Waals surface area contributed by atoms with Crippen molar-refractivity contribution in [3.05, 3.63) is 53.2 Å². The SMILES string of the molecule is CC(C)(C)OC(=O)c1ccc(N2CCC(CNC3CC(Oc4ccc5c(c4)C(=O)N(C4CCC(=O)NC4=O)C5=O)C3)CC2)nc1. The molecular weight excluding hydrogens is 578 g/mol. The molecule has 6 rings (SSSR count). The lowest BCUT2D eigenvalue weighted by Gasteiger charge is -2.38. The first-order valence-electron chi connectivity index (χ1n) is 15.6. The van der Waals surface area contributed by atoms with Gasteiger partial charge >= 0.3 is 5.97 Å². The van der Waals surface area contributed by atoms with Gasteiger partial charge in [-0.25, -0.2) is 9.78 Å². The number of rotatable bonds is 8. The zero-order chi connectivity index (χ0) is 31.9. The van der Waals surface area contributed by atoms with E-state index in [1.165, 1.54) is 0 Å². The first-order valence-corrected chi connectivity index (χ1v) is 15.6. The van der Waals surface area contributed by atoms with Crippen LogP contribution < -0.4 is 20.3 Å². The quantitative estimate of drug-likeness (QED) is 0.335. The summed E-state index contributed by atoms with van der Waals surface area (Å²) in [6.45, 7) is 8.27. The smallest absolute Gasteiger partial charge is 0.340 e. The maximum Gasteiger partial charge on any atom is 0.340 e. The lowest BCUT2D eigenvalue weighted by Crippen LogP contribution is -2.54. The summed E-state index contributed by atoms with van der Waals surface area (Å²) in [4.78, 5) is 69.8. The van der Waals surface area contributed by atoms with Crippen LogP contribution in [0.1, 0.15) is 90.4 Å². The normalized spacial score (nSPS) is 23.8. The highest BCUT2D eigenvalue weighted by Gasteiger charge is 2.45. The van der Waals surface area contributed by atoms with Crippen LogP contribution >= 0.6 is 0 Å². The van der Waals surface area contributed by atoms with Crippen LogP contribution in [0.3, 0.4) is 0 Å². The van der Waals surface area contributed by atoms with Crippen LogP contribution in [0.15, 0.2) is 36.5 Å². The van der Waals surface area contributed by atoms with Crippen LogP contribution in [0.5, 0.6) is 5.75 Å². The average molecular weight is 618 g/mol. The Hall–Kier alpha value is -4.32. The van der Waals surface area contributed by atoms with Gasteiger partial charge in [-0.3, -0.25) is 29.4 Å². The molecule has 1 aromatic carbocycles. The highest BCUT2D eigenvalue weighted by molar-refractivity contribution is 6.23. The number of benzene rings is 1. The van der Waals surface area contributed by atoms with E-state index < -0.39 is 35.3 Å². The van der Waals surface area contributed by atoms with Gasteiger partial charge in [0, 0.05) is 31.7 Å². The Morgan fingerprint density at radius 3 is 2.40 bits per heavy atom. The molecule has 0 radical (unpaired) electrons. The fourth-order valence-corrected chi connectivity index (χ4v) is 6.27. The number of aromatic nitrogens is 1. The standard InChI is InChI=1S/C33H39N5O7/c1-33(2,3)45-32(43)20-4-8-27(35-18-20)37-12-10-19(11-13-37)17-34-21-14-23(15-21)44-22-5-6-24-25(16-22)31(42)38(30(24)41)26-7-9-28(39)36-29(26)40/h4-6,8,16,18-19,21,23,26,34H,7,9-15,17H2,1-3H3,(H,36,39,40). The molecular formula is C33H39N5O7. The van der Waals surface area contributed by atoms with Crippen molar-refractivity contribution < 1.29 is 33.4 Å². The Labute approximate surface area is 261 Å². The second-order valence-corrected chi connectivity index (χ2v) is 13.3. The predicted octanol–water partition coefficient (Wildman–Crippen LogP) is 2.85. The Balaban J connectivity index is 0.923. The monoisotopic (exact) mass is 617 g/mol. The molecule has 4 amide bonds. The number of carbonyl (C=O) groups excluding carboxylic acids is 5. The van der Waals surface area contributed by atoms with E-state index in [1.807, 2.05) is 26.8 Å². The van der Waals surface area contributed by atoms with E-state index in [-0.39, 0.29) is 36.0 Å². The number of nitrogens with one attached hydrogen (secondary N) is 2. The lowest BCUT2D eigenvalue weighted by atomic mass is 9.88. The van der Waals surface area contributed by atoms with Crippen LogP contribution in [-0.2, 0) is 14.3 Å². The van der Waals surface area contributed by atoms with Crippen molar-refractivity contribution in [3.8, 4) is 5.75 Å². The molecule has 2 aromatic rings. The number of nitrogens with zero attached hydrogens (tertiary/aromatic N) is 3. The van der Waals surface area contributed by atoms with Crippen molar-refractivity contribution in [1.82, 2.24) is 20.5 Å². The number of esters is 1. The van der Waals surface area contributed by atoms with Crippen LogP contribution in [0.2, 0.25) is 0 Å². The first-order chi connectivity index (χ1) is 21.4. The van der Waals surface area contributed by atoms with Gasteiger partial charge < -0.3 is 19.7 Å². The number of carbonyl (C=O) groups is 5. The molecule has 1 saturated carbocycles. The van der Waals surface area contributed by atoms with E-state index in [0.717, 1.165) is 56.0 Å². The van der Waals surface area contributed by atoms with E-state index in [4.69, 9.17) is 9.47 Å². The summed E-state index contributed by atoms with van der Waals surface area (Å²) in [5, 5.41) is 5.88. The van der Waals surface area contributed by atoms with Crippen molar-refractivity contribution in [1.29, 1.82) is 0 Å². The molecule has 2 saturated heterocycles. The summed E-state index contributed by atoms with van der Waals surface area (Å²) >= 11 is 0. The molecule has 3 fully saturated rings. The van der Waals surface area contributed by atoms with E-state index in [2.05, 4.69) is 20.5 Å². The zero-order valence-corrected chi connectivity index (χ0v) is 25.8. The predicted molar refractivity (Wildman–Crippen MR) is 163 cm³/mol. The fourth-order valence-electron chi connectivity index (χ4n) is 6.27. The molecule has 3 aliphatic heterocycles. The molecule has 1 unspecified atom stereocenters. The number of pyridine rings is 1. The Morgan fingerprint density at radius 2 is 1.73 bits per heavy atom. The van der Waals surface area contributed by atoms with Gasteiger partial charge in [0.25, 0.3) is 11.8 Å². The molecule has 4 heterocycles. The molecule has 12 heteroatoms. The van der Waals surface area contributed by atoms with Gasteiger partial charge in [-0.1, -0.05) is 0 Å². The van der Waals surface area contributed by atoms with Crippen molar-refractivity contribution in [2.24, 2.45) is 5.92 Å². The second kappa shape index (κ2) is 12.2. The number of imide groups is 2. The molecule has 45 heavy (non-hydrogen) atoms. The minimum atomic E-state index is -0.987. The third-order valence-electron chi connectivity index (χ3n) is 8.82. The third-order valence-corrected chi connectivity index (χ3v) is 8.82. The second-order valence-electron chi connectivity index (χ2n) is 13.3. The van der Waals surface area contributed by atoms with Crippen LogP contribution in [0.25, 0.3) is 0 Å². The summed E-state index contributed by atoms with van der Waals surface area (Å²) in [5.41, 5.74) is 0.366. The summed E-state index contributed by atoms with van der Waals surface area (Å²) in [5.74, 6) is -0.510. The van der Waals surface area contributed by atoms with Gasteiger partial charge in [-0.2, -0.15) is 0 Å². The highest BCUT2D eigenvalue weighted by Crippen LogP contribution is 2.33. The Morgan fingerprint density at radius 1 is 1.00 bits per heavy atom. The summed E-state index contributed by atoms with van der Waals surface area (Å²) in [6, 6.07) is 7.87. The number of anilines is 1. The van der Waals surface area contributed by atoms with Crippen molar-refractivity contribution in [2.75, 3.05) is 24.5 Å². The number of hydrogen-bond acceptors (Lipinski definition) is 10. The number of ether oxygens (including phenoxy) is 2. The van der Waals surface area contributed by atoms with E-state index in [0.29, 0.717) is 23.3 Å². The molecule has 0 bridgehead atoms. The van der Waals surface area contributed by atoms with E-state index in [1.54, 1.807) is 30.5 Å². The van der Waals surface area contributed by atoms with Gasteiger partial charge in [0.1, 0.15) is 29.3 Å². The maximum absolute atomic E-state index is 13.1. The molecule has 4 aliphatic rings. The average Bonchev–Trinajstić information content (AvgIpc) is 3.22. The zero-order valence-electron chi connectivity index (χ0n) is 25.8. The Kier molecular flexibility index (Phi) is 8.34. The molecule has 2 N–H and O–H groups in total. The van der Waals surface area contributed by atoms with Gasteiger partial charge in [0.2, 0.25) is 11.8 Å². The molecule has 1 aliphatic carbocycles. The number of fused-ring (bicyclic) bond motifs is 1. The van der Waals surface area contributed by atoms with Gasteiger partial charge in [-0.05, 0) is 95.7 Å².